The summed E-state index contributed by atoms with van der Waals surface area (Å²) in [6, 6.07) is 7.14. The van der Waals surface area contributed by atoms with Gasteiger partial charge in [0.2, 0.25) is 6.73 Å². The van der Waals surface area contributed by atoms with E-state index in [0.717, 1.165) is 6.73 Å². The van der Waals surface area contributed by atoms with E-state index in [-0.39, 0.29) is 0 Å². The second-order valence-corrected chi connectivity index (χ2v) is 2.38. The largest absolute Gasteiger partial charge is 0.438 e. The van der Waals surface area contributed by atoms with Gasteiger partial charge in [0.25, 0.3) is 6.47 Å². The molecule has 1 aromatic carbocycles. The zero-order valence-corrected chi connectivity index (χ0v) is 6.91. The van der Waals surface area contributed by atoms with Gasteiger partial charge in [-0.1, -0.05) is 23.7 Å². The molecule has 12 heavy (non-hydrogen) atoms. The van der Waals surface area contributed by atoms with Crippen LogP contribution in [0.2, 0.25) is 5.02 Å². The summed E-state index contributed by atoms with van der Waals surface area (Å²) in [5, 5.41) is 3.28. The summed E-state index contributed by atoms with van der Waals surface area (Å²) in [7, 11) is 0. The molecule has 4 heteroatoms. The van der Waals surface area contributed by atoms with Gasteiger partial charge in [0.15, 0.2) is 0 Å². The van der Waals surface area contributed by atoms with Crippen LogP contribution in [-0.2, 0) is 9.53 Å². The van der Waals surface area contributed by atoms with Crippen molar-refractivity contribution in [1.29, 1.82) is 0 Å². The third kappa shape index (κ3) is 2.43. The quantitative estimate of drug-likeness (QED) is 0.575. The van der Waals surface area contributed by atoms with Crippen LogP contribution in [0.5, 0.6) is 0 Å². The maximum Gasteiger partial charge on any atom is 0.295 e. The molecule has 0 aromatic heterocycles. The first-order valence-corrected chi connectivity index (χ1v) is 3.64. The second kappa shape index (κ2) is 4.62. The Morgan fingerprint density at radius 3 is 2.83 bits per heavy atom. The number of halogens is 1. The average molecular weight is 185 g/mol. The Kier molecular flexibility index (Phi) is 3.41. The maximum absolute atomic E-state index is 9.75. The van der Waals surface area contributed by atoms with Crippen molar-refractivity contribution in [3.63, 3.8) is 0 Å². The highest BCUT2D eigenvalue weighted by molar-refractivity contribution is 6.33. The average Bonchev–Trinajstić information content (AvgIpc) is 2.09. The Labute approximate surface area is 75.3 Å². The summed E-state index contributed by atoms with van der Waals surface area (Å²) in [6.45, 7) is 1.48. The topological polar surface area (TPSA) is 38.3 Å². The molecular formula is C8H7ClNO2. The summed E-state index contributed by atoms with van der Waals surface area (Å²) in [5.74, 6) is 0. The summed E-state index contributed by atoms with van der Waals surface area (Å²) < 4.78 is 4.32. The molecule has 0 spiro atoms. The minimum absolute atomic E-state index is 0.323. The molecule has 63 valence electrons. The van der Waals surface area contributed by atoms with Crippen LogP contribution in [0.1, 0.15) is 0 Å². The predicted octanol–water partition coefficient (Wildman–Crippen LogP) is 2.04. The molecule has 0 saturated carbocycles. The van der Waals surface area contributed by atoms with Gasteiger partial charge in [0.1, 0.15) is 0 Å². The number of carbonyl (C=O) groups excluding carboxylic acids is 1. The highest BCUT2D eigenvalue weighted by Crippen LogP contribution is 2.20. The monoisotopic (exact) mass is 184 g/mol. The van der Waals surface area contributed by atoms with Crippen LogP contribution in [0.25, 0.3) is 0 Å². The smallest absolute Gasteiger partial charge is 0.295 e. The Morgan fingerprint density at radius 1 is 1.42 bits per heavy atom. The van der Waals surface area contributed by atoms with Gasteiger partial charge in [-0.3, -0.25) is 4.79 Å². The van der Waals surface area contributed by atoms with Crippen LogP contribution in [0.4, 0.5) is 5.69 Å². The number of nitrogens with one attached hydrogen (secondary N) is 1. The third-order valence-corrected chi connectivity index (χ3v) is 1.54. The molecule has 1 aromatic rings. The predicted molar refractivity (Wildman–Crippen MR) is 46.5 cm³/mol. The number of rotatable bonds is 4. The van der Waals surface area contributed by atoms with E-state index in [1.54, 1.807) is 12.1 Å². The summed E-state index contributed by atoms with van der Waals surface area (Å²) in [4.78, 5) is 9.75. The van der Waals surface area contributed by atoms with Gasteiger partial charge in [0, 0.05) is 0 Å². The third-order valence-electron chi connectivity index (χ3n) is 1.21. The SMILES string of the molecule is O=CO[CH]Nc1ccccc1Cl. The van der Waals surface area contributed by atoms with Crippen molar-refractivity contribution < 1.29 is 9.53 Å². The van der Waals surface area contributed by atoms with E-state index >= 15 is 0 Å². The normalized spacial score (nSPS) is 9.08. The highest BCUT2D eigenvalue weighted by Gasteiger charge is 1.96. The minimum atomic E-state index is 0.323. The standard InChI is InChI=1S/C8H7ClNO2/c9-7-3-1-2-4-8(7)10-5-12-6-11/h1-6,10H. The Hall–Kier alpha value is -1.22. The number of hydrogen-bond acceptors (Lipinski definition) is 3. The van der Waals surface area contributed by atoms with Crippen LogP contribution in [0, 0.1) is 6.73 Å². The van der Waals surface area contributed by atoms with Crippen molar-refractivity contribution in [2.45, 2.75) is 0 Å². The van der Waals surface area contributed by atoms with E-state index in [0.29, 0.717) is 17.2 Å². The number of benzene rings is 1. The highest BCUT2D eigenvalue weighted by atomic mass is 35.5. The Balaban J connectivity index is 2.51. The van der Waals surface area contributed by atoms with E-state index in [2.05, 4.69) is 10.1 Å². The van der Waals surface area contributed by atoms with Gasteiger partial charge >= 0.3 is 0 Å². The van der Waals surface area contributed by atoms with E-state index in [4.69, 9.17) is 11.6 Å². The number of para-hydroxylation sites is 1. The number of anilines is 1. The van der Waals surface area contributed by atoms with Crippen LogP contribution in [0.3, 0.4) is 0 Å². The fourth-order valence-corrected chi connectivity index (χ4v) is 0.894. The molecule has 0 aliphatic heterocycles. The fourth-order valence-electron chi connectivity index (χ4n) is 0.704. The molecule has 3 nitrogen and oxygen atoms in total. The molecule has 0 unspecified atom stereocenters. The zero-order chi connectivity index (χ0) is 8.81. The molecule has 0 fully saturated rings. The van der Waals surface area contributed by atoms with Crippen molar-refractivity contribution >= 4 is 23.8 Å². The number of hydrogen-bond donors (Lipinski definition) is 1. The molecule has 0 saturated heterocycles. The van der Waals surface area contributed by atoms with E-state index in [1.165, 1.54) is 0 Å². The lowest BCUT2D eigenvalue weighted by molar-refractivity contribution is -0.125. The van der Waals surface area contributed by atoms with Crippen LogP contribution in [0.15, 0.2) is 24.3 Å². The van der Waals surface area contributed by atoms with Gasteiger partial charge in [-0.2, -0.15) is 0 Å². The second-order valence-electron chi connectivity index (χ2n) is 1.97. The molecule has 0 atom stereocenters. The molecule has 1 rings (SSSR count). The molecule has 1 radical (unpaired) electrons. The van der Waals surface area contributed by atoms with Crippen molar-refractivity contribution in [2.75, 3.05) is 5.32 Å². The van der Waals surface area contributed by atoms with Crippen molar-refractivity contribution in [3.05, 3.63) is 36.0 Å². The number of ether oxygens (including phenoxy) is 1. The lowest BCUT2D eigenvalue weighted by Crippen LogP contribution is -1.97. The van der Waals surface area contributed by atoms with Crippen LogP contribution >= 0.6 is 11.6 Å². The minimum Gasteiger partial charge on any atom is -0.438 e. The summed E-state index contributed by atoms with van der Waals surface area (Å²) in [6.07, 6.45) is 0. The first kappa shape index (κ1) is 8.87. The van der Waals surface area contributed by atoms with Gasteiger partial charge < -0.3 is 10.1 Å². The molecule has 1 N–H and O–H groups in total. The molecule has 0 aliphatic carbocycles. The molecule has 0 bridgehead atoms. The molecule has 0 aliphatic rings. The lowest BCUT2D eigenvalue weighted by atomic mass is 10.3. The van der Waals surface area contributed by atoms with E-state index < -0.39 is 0 Å². The molecule has 0 amide bonds. The zero-order valence-electron chi connectivity index (χ0n) is 6.16. The van der Waals surface area contributed by atoms with Crippen LogP contribution < -0.4 is 5.32 Å². The van der Waals surface area contributed by atoms with Crippen molar-refractivity contribution in [3.8, 4) is 0 Å². The van der Waals surface area contributed by atoms with Gasteiger partial charge in [-0.05, 0) is 12.1 Å². The van der Waals surface area contributed by atoms with E-state index in [9.17, 15) is 4.79 Å². The van der Waals surface area contributed by atoms with Crippen molar-refractivity contribution in [2.24, 2.45) is 0 Å². The van der Waals surface area contributed by atoms with Crippen LogP contribution in [-0.4, -0.2) is 6.47 Å². The maximum atomic E-state index is 9.75. The van der Waals surface area contributed by atoms with Gasteiger partial charge in [0.05, 0.1) is 10.7 Å². The fraction of sp³-hybridized carbons (Fsp3) is 0. The lowest BCUT2D eigenvalue weighted by Gasteiger charge is -2.04. The summed E-state index contributed by atoms with van der Waals surface area (Å²) in [5.41, 5.74) is 0.695. The molecule has 0 heterocycles. The van der Waals surface area contributed by atoms with E-state index in [1.807, 2.05) is 12.1 Å². The van der Waals surface area contributed by atoms with Crippen molar-refractivity contribution in [1.82, 2.24) is 0 Å². The molecular weight excluding hydrogens is 178 g/mol. The number of carbonyl (C=O) groups is 1. The first-order chi connectivity index (χ1) is 5.84. The van der Waals surface area contributed by atoms with Gasteiger partial charge in [-0.25, -0.2) is 0 Å². The Bertz CT molecular complexity index is 265. The van der Waals surface area contributed by atoms with Gasteiger partial charge in [-0.15, -0.1) is 0 Å². The summed E-state index contributed by atoms with van der Waals surface area (Å²) >= 11 is 5.78. The Morgan fingerprint density at radius 2 is 2.17 bits per heavy atom. The first-order valence-electron chi connectivity index (χ1n) is 3.26.